The van der Waals surface area contributed by atoms with Gasteiger partial charge in [-0.15, -0.1) is 0 Å². The lowest BCUT2D eigenvalue weighted by Gasteiger charge is -2.18. The summed E-state index contributed by atoms with van der Waals surface area (Å²) < 4.78 is 13.6. The van der Waals surface area contributed by atoms with E-state index in [0.717, 1.165) is 16.4 Å². The van der Waals surface area contributed by atoms with Crippen molar-refractivity contribution in [3.63, 3.8) is 0 Å². The van der Waals surface area contributed by atoms with E-state index in [0.29, 0.717) is 31.0 Å². The molecule has 0 radical (unpaired) electrons. The highest BCUT2D eigenvalue weighted by atomic mass is 35.5. The summed E-state index contributed by atoms with van der Waals surface area (Å²) in [6.07, 6.45) is 0.332. The largest absolute Gasteiger partial charge is 0.351 e. The van der Waals surface area contributed by atoms with E-state index in [4.69, 9.17) is 33.3 Å². The summed E-state index contributed by atoms with van der Waals surface area (Å²) in [6, 6.07) is 7.69. The molecule has 2 rings (SSSR count). The average molecular weight is 342 g/mol. The smallest absolute Gasteiger partial charge is 0.195 e. The van der Waals surface area contributed by atoms with Gasteiger partial charge in [-0.05, 0) is 43.8 Å². The molecular formula is C15H20ClN3O2S. The molecule has 0 aliphatic heterocycles. The fraction of sp³-hybridized carbons (Fsp3) is 0.467. The second-order valence-corrected chi connectivity index (χ2v) is 5.52. The molecule has 1 aromatic heterocycles. The van der Waals surface area contributed by atoms with Gasteiger partial charge < -0.3 is 9.47 Å². The topological polar surface area (TPSA) is 52.1 Å². The number of halogens is 1. The SMILES string of the molecule is CCOC(Cn1c(Cc2ccc(Cl)cc2)n[nH]c1=S)OCC. The van der Waals surface area contributed by atoms with Gasteiger partial charge in [-0.2, -0.15) is 5.10 Å². The van der Waals surface area contributed by atoms with Gasteiger partial charge in [0.2, 0.25) is 0 Å². The number of ether oxygens (including phenoxy) is 2. The fourth-order valence-corrected chi connectivity index (χ4v) is 2.48. The summed E-state index contributed by atoms with van der Waals surface area (Å²) in [7, 11) is 0. The molecule has 0 aliphatic rings. The van der Waals surface area contributed by atoms with E-state index in [-0.39, 0.29) is 6.29 Å². The van der Waals surface area contributed by atoms with Gasteiger partial charge >= 0.3 is 0 Å². The van der Waals surface area contributed by atoms with Crippen molar-refractivity contribution in [2.45, 2.75) is 33.1 Å². The molecule has 0 fully saturated rings. The Bertz CT molecular complexity index is 633. The maximum atomic E-state index is 5.91. The molecule has 0 aliphatic carbocycles. The molecule has 0 amide bonds. The van der Waals surface area contributed by atoms with E-state index in [1.807, 2.05) is 42.7 Å². The van der Waals surface area contributed by atoms with Crippen molar-refractivity contribution in [3.05, 3.63) is 45.4 Å². The summed E-state index contributed by atoms with van der Waals surface area (Å²) >= 11 is 11.2. The van der Waals surface area contributed by atoms with Crippen LogP contribution in [0.4, 0.5) is 0 Å². The molecule has 7 heteroatoms. The second-order valence-electron chi connectivity index (χ2n) is 4.70. The minimum absolute atomic E-state index is 0.330. The molecule has 0 saturated heterocycles. The molecule has 0 spiro atoms. The van der Waals surface area contributed by atoms with Crippen LogP contribution in [0.5, 0.6) is 0 Å². The third-order valence-electron chi connectivity index (χ3n) is 3.15. The van der Waals surface area contributed by atoms with Crippen LogP contribution in [0.25, 0.3) is 0 Å². The Labute approximate surface area is 140 Å². The van der Waals surface area contributed by atoms with Crippen molar-refractivity contribution in [2.24, 2.45) is 0 Å². The Balaban J connectivity index is 2.16. The molecule has 1 aromatic carbocycles. The van der Waals surface area contributed by atoms with Gasteiger partial charge in [-0.3, -0.25) is 9.67 Å². The molecule has 0 unspecified atom stereocenters. The third kappa shape index (κ3) is 4.64. The maximum Gasteiger partial charge on any atom is 0.195 e. The van der Waals surface area contributed by atoms with E-state index in [9.17, 15) is 0 Å². The molecule has 0 bridgehead atoms. The Morgan fingerprint density at radius 3 is 2.45 bits per heavy atom. The van der Waals surface area contributed by atoms with Crippen molar-refractivity contribution in [3.8, 4) is 0 Å². The maximum absolute atomic E-state index is 5.91. The zero-order valence-corrected chi connectivity index (χ0v) is 14.3. The summed E-state index contributed by atoms with van der Waals surface area (Å²) in [6.45, 7) is 5.56. The zero-order chi connectivity index (χ0) is 15.9. The number of rotatable bonds is 8. The lowest BCUT2D eigenvalue weighted by molar-refractivity contribution is -0.144. The predicted molar refractivity (Wildman–Crippen MR) is 88.7 cm³/mol. The molecule has 5 nitrogen and oxygen atoms in total. The van der Waals surface area contributed by atoms with Crippen LogP contribution in [0.2, 0.25) is 5.02 Å². The van der Waals surface area contributed by atoms with Crippen LogP contribution in [0.15, 0.2) is 24.3 Å². The highest BCUT2D eigenvalue weighted by Gasteiger charge is 2.14. The number of aromatic amines is 1. The van der Waals surface area contributed by atoms with Crippen molar-refractivity contribution >= 4 is 23.8 Å². The Morgan fingerprint density at radius 2 is 1.86 bits per heavy atom. The molecule has 120 valence electrons. The number of hydrogen-bond donors (Lipinski definition) is 1. The van der Waals surface area contributed by atoms with E-state index in [2.05, 4.69) is 10.2 Å². The normalized spacial score (nSPS) is 11.3. The monoisotopic (exact) mass is 341 g/mol. The molecule has 2 aromatic rings. The minimum atomic E-state index is -0.330. The van der Waals surface area contributed by atoms with Crippen LogP contribution < -0.4 is 0 Å². The van der Waals surface area contributed by atoms with Crippen LogP contribution in [-0.4, -0.2) is 34.3 Å². The zero-order valence-electron chi connectivity index (χ0n) is 12.7. The molecular weight excluding hydrogens is 322 g/mol. The lowest BCUT2D eigenvalue weighted by Crippen LogP contribution is -2.25. The first kappa shape index (κ1) is 17.1. The first-order valence-electron chi connectivity index (χ1n) is 7.25. The van der Waals surface area contributed by atoms with Gasteiger partial charge in [0, 0.05) is 24.7 Å². The third-order valence-corrected chi connectivity index (χ3v) is 3.71. The van der Waals surface area contributed by atoms with E-state index >= 15 is 0 Å². The Hall–Kier alpha value is -1.21. The average Bonchev–Trinajstić information content (AvgIpc) is 2.83. The van der Waals surface area contributed by atoms with Crippen LogP contribution >= 0.6 is 23.8 Å². The van der Waals surface area contributed by atoms with Crippen LogP contribution in [0.3, 0.4) is 0 Å². The molecule has 0 saturated carbocycles. The molecule has 0 atom stereocenters. The number of H-pyrrole nitrogens is 1. The van der Waals surface area contributed by atoms with E-state index in [1.165, 1.54) is 0 Å². The quantitative estimate of drug-likeness (QED) is 0.589. The highest BCUT2D eigenvalue weighted by Crippen LogP contribution is 2.14. The predicted octanol–water partition coefficient (Wildman–Crippen LogP) is 3.58. The van der Waals surface area contributed by atoms with Gasteiger partial charge in [-0.1, -0.05) is 23.7 Å². The summed E-state index contributed by atoms with van der Waals surface area (Å²) in [4.78, 5) is 0. The van der Waals surface area contributed by atoms with Gasteiger partial charge in [0.1, 0.15) is 5.82 Å². The van der Waals surface area contributed by atoms with E-state index < -0.39 is 0 Å². The van der Waals surface area contributed by atoms with Crippen molar-refractivity contribution in [1.82, 2.24) is 14.8 Å². The number of aromatic nitrogens is 3. The lowest BCUT2D eigenvalue weighted by atomic mass is 10.1. The van der Waals surface area contributed by atoms with Crippen LogP contribution in [0, 0.1) is 4.77 Å². The fourth-order valence-electron chi connectivity index (χ4n) is 2.13. The van der Waals surface area contributed by atoms with Gasteiger partial charge in [0.05, 0.1) is 6.54 Å². The number of nitrogens with one attached hydrogen (secondary N) is 1. The standard InChI is InChI=1S/C15H20ClN3O2S/c1-3-20-14(21-4-2)10-19-13(17-18-15(19)22)9-11-5-7-12(16)8-6-11/h5-8,14H,3-4,9-10H2,1-2H3,(H,18,22). The van der Waals surface area contributed by atoms with Crippen LogP contribution in [-0.2, 0) is 22.4 Å². The van der Waals surface area contributed by atoms with E-state index in [1.54, 1.807) is 0 Å². The van der Waals surface area contributed by atoms with Gasteiger partial charge in [0.15, 0.2) is 11.1 Å². The summed E-state index contributed by atoms with van der Waals surface area (Å²) in [5.41, 5.74) is 1.11. The first-order chi connectivity index (χ1) is 10.6. The van der Waals surface area contributed by atoms with Crippen molar-refractivity contribution < 1.29 is 9.47 Å². The Kier molecular flexibility index (Phi) is 6.57. The van der Waals surface area contributed by atoms with Gasteiger partial charge in [0.25, 0.3) is 0 Å². The van der Waals surface area contributed by atoms with Gasteiger partial charge in [-0.25, -0.2) is 0 Å². The summed E-state index contributed by atoms with van der Waals surface area (Å²) in [5, 5.41) is 7.86. The molecule has 1 heterocycles. The minimum Gasteiger partial charge on any atom is -0.351 e. The molecule has 22 heavy (non-hydrogen) atoms. The van der Waals surface area contributed by atoms with Crippen molar-refractivity contribution in [1.29, 1.82) is 0 Å². The molecule has 1 N–H and O–H groups in total. The second kappa shape index (κ2) is 8.43. The number of nitrogens with zero attached hydrogens (tertiary/aromatic N) is 2. The van der Waals surface area contributed by atoms with Crippen molar-refractivity contribution in [2.75, 3.05) is 13.2 Å². The highest BCUT2D eigenvalue weighted by molar-refractivity contribution is 7.71. The van der Waals surface area contributed by atoms with Crippen LogP contribution in [0.1, 0.15) is 25.2 Å². The first-order valence-corrected chi connectivity index (χ1v) is 8.04. The Morgan fingerprint density at radius 1 is 1.23 bits per heavy atom. The summed E-state index contributed by atoms with van der Waals surface area (Å²) in [5.74, 6) is 0.844. The number of hydrogen-bond acceptors (Lipinski definition) is 4. The number of benzene rings is 1.